The van der Waals surface area contributed by atoms with Crippen molar-refractivity contribution in [1.82, 2.24) is 4.98 Å². The second-order valence-electron chi connectivity index (χ2n) is 8.84. The maximum absolute atomic E-state index is 12.8. The predicted octanol–water partition coefficient (Wildman–Crippen LogP) is 5.29. The minimum Gasteiger partial charge on any atom is -0.312 e. The van der Waals surface area contributed by atoms with Crippen molar-refractivity contribution >= 4 is 34.0 Å². The number of aryl methyl sites for hydroxylation is 1. The van der Waals surface area contributed by atoms with Crippen molar-refractivity contribution in [2.45, 2.75) is 58.8 Å². The van der Waals surface area contributed by atoms with Crippen molar-refractivity contribution in [1.29, 1.82) is 0 Å². The van der Waals surface area contributed by atoms with Crippen LogP contribution in [0.25, 0.3) is 11.3 Å². The van der Waals surface area contributed by atoms with E-state index in [4.69, 9.17) is 4.98 Å². The molecule has 4 rings (SSSR count). The highest BCUT2D eigenvalue weighted by Crippen LogP contribution is 2.35. The van der Waals surface area contributed by atoms with E-state index in [9.17, 15) is 9.59 Å². The lowest BCUT2D eigenvalue weighted by atomic mass is 9.88. The van der Waals surface area contributed by atoms with E-state index in [0.29, 0.717) is 0 Å². The summed E-state index contributed by atoms with van der Waals surface area (Å²) in [5, 5.41) is 2.79. The molecular weight excluding hydrogens is 394 g/mol. The largest absolute Gasteiger partial charge is 0.312 e. The van der Waals surface area contributed by atoms with Gasteiger partial charge in [-0.3, -0.25) is 14.5 Å². The SMILES string of the molecule is CC(C)C(=O)N1CCCc2cc(-c3csc(N(C)C(=O)C4CCCCC4)n3)ccc21. The maximum Gasteiger partial charge on any atom is 0.231 e. The molecule has 2 aromatic rings. The Hall–Kier alpha value is -2.21. The van der Waals surface area contributed by atoms with Crippen molar-refractivity contribution in [3.63, 3.8) is 0 Å². The highest BCUT2D eigenvalue weighted by molar-refractivity contribution is 7.14. The van der Waals surface area contributed by atoms with Crippen LogP contribution >= 0.6 is 11.3 Å². The molecule has 0 atom stereocenters. The Morgan fingerprint density at radius 1 is 1.17 bits per heavy atom. The van der Waals surface area contributed by atoms with Crippen LogP contribution in [0.15, 0.2) is 23.6 Å². The van der Waals surface area contributed by atoms with Crippen LogP contribution in [0.3, 0.4) is 0 Å². The Labute approximate surface area is 183 Å². The quantitative estimate of drug-likeness (QED) is 0.669. The molecular formula is C24H31N3O2S. The van der Waals surface area contributed by atoms with Gasteiger partial charge in [-0.15, -0.1) is 11.3 Å². The van der Waals surface area contributed by atoms with Crippen LogP contribution in [0.5, 0.6) is 0 Å². The van der Waals surface area contributed by atoms with Gasteiger partial charge >= 0.3 is 0 Å². The van der Waals surface area contributed by atoms with Gasteiger partial charge in [0.2, 0.25) is 11.8 Å². The second-order valence-corrected chi connectivity index (χ2v) is 9.68. The number of carbonyl (C=O) groups is 2. The molecule has 30 heavy (non-hydrogen) atoms. The summed E-state index contributed by atoms with van der Waals surface area (Å²) in [6.45, 7) is 4.69. The van der Waals surface area contributed by atoms with E-state index in [1.807, 2.05) is 37.2 Å². The summed E-state index contributed by atoms with van der Waals surface area (Å²) in [5.74, 6) is 0.518. The van der Waals surface area contributed by atoms with E-state index in [-0.39, 0.29) is 23.7 Å². The average molecular weight is 426 g/mol. The lowest BCUT2D eigenvalue weighted by Crippen LogP contribution is -2.38. The van der Waals surface area contributed by atoms with Gasteiger partial charge in [0.15, 0.2) is 5.13 Å². The topological polar surface area (TPSA) is 53.5 Å². The smallest absolute Gasteiger partial charge is 0.231 e. The fraction of sp³-hybridized carbons (Fsp3) is 0.542. The normalized spacial score (nSPS) is 17.1. The number of anilines is 2. The fourth-order valence-electron chi connectivity index (χ4n) is 4.57. The zero-order valence-electron chi connectivity index (χ0n) is 18.2. The molecule has 0 N–H and O–H groups in total. The predicted molar refractivity (Wildman–Crippen MR) is 123 cm³/mol. The molecule has 1 aromatic carbocycles. The van der Waals surface area contributed by atoms with E-state index >= 15 is 0 Å². The number of hydrogen-bond donors (Lipinski definition) is 0. The minimum absolute atomic E-state index is 0.00559. The summed E-state index contributed by atoms with van der Waals surface area (Å²) in [6.07, 6.45) is 7.50. The third kappa shape index (κ3) is 4.15. The van der Waals surface area contributed by atoms with Gasteiger partial charge in [-0.1, -0.05) is 39.2 Å². The van der Waals surface area contributed by atoms with Gasteiger partial charge in [0.05, 0.1) is 5.69 Å². The van der Waals surface area contributed by atoms with Crippen LogP contribution in [0, 0.1) is 11.8 Å². The van der Waals surface area contributed by atoms with Crippen LogP contribution in [-0.4, -0.2) is 30.4 Å². The van der Waals surface area contributed by atoms with E-state index in [0.717, 1.165) is 67.1 Å². The number of fused-ring (bicyclic) bond motifs is 1. The highest BCUT2D eigenvalue weighted by atomic mass is 32.1. The minimum atomic E-state index is -0.00559. The van der Waals surface area contributed by atoms with Crippen LogP contribution in [0.1, 0.15) is 57.9 Å². The van der Waals surface area contributed by atoms with Crippen LogP contribution < -0.4 is 9.80 Å². The zero-order valence-corrected chi connectivity index (χ0v) is 19.0. The van der Waals surface area contributed by atoms with Crippen LogP contribution in [0.4, 0.5) is 10.8 Å². The van der Waals surface area contributed by atoms with Crippen molar-refractivity contribution in [2.75, 3.05) is 23.4 Å². The first-order valence-corrected chi connectivity index (χ1v) is 12.0. The first-order valence-electron chi connectivity index (χ1n) is 11.1. The first kappa shape index (κ1) is 21.0. The number of amides is 2. The van der Waals surface area contributed by atoms with Gasteiger partial charge < -0.3 is 4.90 Å². The van der Waals surface area contributed by atoms with E-state index in [2.05, 4.69) is 12.1 Å². The molecule has 0 unspecified atom stereocenters. The molecule has 0 saturated heterocycles. The average Bonchev–Trinajstić information content (AvgIpc) is 3.27. The molecule has 160 valence electrons. The van der Waals surface area contributed by atoms with Gasteiger partial charge in [-0.2, -0.15) is 0 Å². The standard InChI is InChI=1S/C24H31N3O2S/c1-16(2)22(28)27-13-7-10-19-14-18(11-12-21(19)27)20-15-30-24(25-20)26(3)23(29)17-8-5-4-6-9-17/h11-12,14-17H,4-10,13H2,1-3H3. The third-order valence-corrected chi connectivity index (χ3v) is 7.23. The summed E-state index contributed by atoms with van der Waals surface area (Å²) < 4.78 is 0. The van der Waals surface area contributed by atoms with E-state index in [1.54, 1.807) is 4.90 Å². The fourth-order valence-corrected chi connectivity index (χ4v) is 5.37. The molecule has 1 saturated carbocycles. The van der Waals surface area contributed by atoms with Crippen molar-refractivity contribution < 1.29 is 9.59 Å². The molecule has 6 heteroatoms. The van der Waals surface area contributed by atoms with E-state index < -0.39 is 0 Å². The summed E-state index contributed by atoms with van der Waals surface area (Å²) >= 11 is 1.52. The van der Waals surface area contributed by atoms with E-state index in [1.165, 1.54) is 23.3 Å². The molecule has 0 bridgehead atoms. The molecule has 1 aliphatic heterocycles. The Morgan fingerprint density at radius 2 is 1.93 bits per heavy atom. The lowest BCUT2D eigenvalue weighted by Gasteiger charge is -2.31. The molecule has 1 aromatic heterocycles. The Bertz CT molecular complexity index is 930. The first-order chi connectivity index (χ1) is 14.5. The lowest BCUT2D eigenvalue weighted by molar-refractivity contribution is -0.123. The Balaban J connectivity index is 1.54. The molecule has 1 fully saturated rings. The zero-order chi connectivity index (χ0) is 21.3. The van der Waals surface area contributed by atoms with Crippen molar-refractivity contribution in [3.05, 3.63) is 29.1 Å². The van der Waals surface area contributed by atoms with Gasteiger partial charge in [-0.25, -0.2) is 4.98 Å². The van der Waals surface area contributed by atoms with Gasteiger partial charge in [0.1, 0.15) is 0 Å². The molecule has 0 spiro atoms. The van der Waals surface area contributed by atoms with Crippen LogP contribution in [0.2, 0.25) is 0 Å². The number of benzene rings is 1. The van der Waals surface area contributed by atoms with Crippen molar-refractivity contribution in [3.8, 4) is 11.3 Å². The van der Waals surface area contributed by atoms with Gasteiger partial charge in [0, 0.05) is 42.1 Å². The Kier molecular flexibility index (Phi) is 6.23. The maximum atomic E-state index is 12.8. The number of carbonyl (C=O) groups excluding carboxylic acids is 2. The van der Waals surface area contributed by atoms with Gasteiger partial charge in [-0.05, 0) is 43.4 Å². The molecule has 5 nitrogen and oxygen atoms in total. The summed E-state index contributed by atoms with van der Waals surface area (Å²) in [4.78, 5) is 33.9. The van der Waals surface area contributed by atoms with Gasteiger partial charge in [0.25, 0.3) is 0 Å². The Morgan fingerprint density at radius 3 is 2.67 bits per heavy atom. The number of hydrogen-bond acceptors (Lipinski definition) is 4. The third-order valence-electron chi connectivity index (χ3n) is 6.32. The van der Waals surface area contributed by atoms with Crippen molar-refractivity contribution in [2.24, 2.45) is 11.8 Å². The molecule has 0 radical (unpaired) electrons. The highest BCUT2D eigenvalue weighted by Gasteiger charge is 2.27. The summed E-state index contributed by atoms with van der Waals surface area (Å²) in [7, 11) is 1.85. The summed E-state index contributed by atoms with van der Waals surface area (Å²) in [5.41, 5.74) is 4.18. The number of rotatable bonds is 4. The monoisotopic (exact) mass is 425 g/mol. The number of aromatic nitrogens is 1. The second kappa shape index (κ2) is 8.88. The molecule has 2 aliphatic rings. The molecule has 2 amide bonds. The number of nitrogens with zero attached hydrogens (tertiary/aromatic N) is 3. The molecule has 1 aliphatic carbocycles. The summed E-state index contributed by atoms with van der Waals surface area (Å²) in [6, 6.07) is 6.27. The number of thiazole rings is 1. The molecule has 2 heterocycles. The van der Waals surface area contributed by atoms with Crippen LogP contribution in [-0.2, 0) is 16.0 Å².